The van der Waals surface area contributed by atoms with Crippen molar-refractivity contribution in [3.63, 3.8) is 0 Å². The summed E-state index contributed by atoms with van der Waals surface area (Å²) in [4.78, 5) is 42.3. The number of hydrogen-bond donors (Lipinski definition) is 3. The summed E-state index contributed by atoms with van der Waals surface area (Å²) in [5.74, 6) is -1.11. The highest BCUT2D eigenvalue weighted by Crippen LogP contribution is 2.29. The molecular weight excluding hydrogens is 610 g/mol. The zero-order valence-corrected chi connectivity index (χ0v) is 28.4. The Morgan fingerprint density at radius 2 is 1.75 bits per heavy atom. The van der Waals surface area contributed by atoms with Gasteiger partial charge in [0.15, 0.2) is 0 Å². The molecule has 4 rings (SSSR count). The van der Waals surface area contributed by atoms with Crippen LogP contribution in [0.5, 0.6) is 5.75 Å². The first-order valence-corrected chi connectivity index (χ1v) is 16.7. The van der Waals surface area contributed by atoms with E-state index in [1.54, 1.807) is 35.2 Å². The highest BCUT2D eigenvalue weighted by atomic mass is 16.5. The number of ether oxygens (including phenoxy) is 2. The zero-order chi connectivity index (χ0) is 34.6. The fourth-order valence-corrected chi connectivity index (χ4v) is 5.89. The Morgan fingerprint density at radius 3 is 2.44 bits per heavy atom. The number of aliphatic hydroxyl groups excluding tert-OH is 1. The van der Waals surface area contributed by atoms with Crippen molar-refractivity contribution in [2.24, 2.45) is 5.92 Å². The van der Waals surface area contributed by atoms with Crippen molar-refractivity contribution in [3.05, 3.63) is 95.1 Å². The Hall–Kier alpha value is -4.25. The molecule has 10 nitrogen and oxygen atoms in total. The third-order valence-corrected chi connectivity index (χ3v) is 8.69. The second-order valence-electron chi connectivity index (χ2n) is 12.9. The lowest BCUT2D eigenvalue weighted by molar-refractivity contribution is -0.115. The largest absolute Gasteiger partial charge is 0.490 e. The van der Waals surface area contributed by atoms with Gasteiger partial charge in [0.05, 0.1) is 42.4 Å². The predicted octanol–water partition coefficient (Wildman–Crippen LogP) is 5.49. The van der Waals surface area contributed by atoms with Gasteiger partial charge in [-0.25, -0.2) is 4.79 Å². The Balaban J connectivity index is 1.57. The molecule has 4 atom stereocenters. The number of carbonyl (C=O) groups excluding carboxylic acids is 2. The van der Waals surface area contributed by atoms with E-state index in [0.717, 1.165) is 30.4 Å². The number of amides is 2. The van der Waals surface area contributed by atoms with Crippen molar-refractivity contribution >= 4 is 23.5 Å². The van der Waals surface area contributed by atoms with Crippen molar-refractivity contribution in [1.82, 2.24) is 9.80 Å². The molecule has 48 heavy (non-hydrogen) atoms. The molecule has 258 valence electrons. The maximum absolute atomic E-state index is 14.4. The van der Waals surface area contributed by atoms with Gasteiger partial charge in [0, 0.05) is 37.8 Å². The van der Waals surface area contributed by atoms with Gasteiger partial charge in [0.2, 0.25) is 5.91 Å². The summed E-state index contributed by atoms with van der Waals surface area (Å²) in [5.41, 5.74) is 2.93. The van der Waals surface area contributed by atoms with E-state index in [0.29, 0.717) is 43.2 Å². The molecule has 0 aromatic heterocycles. The van der Waals surface area contributed by atoms with E-state index < -0.39 is 12.0 Å². The molecule has 0 unspecified atom stereocenters. The topological polar surface area (TPSA) is 129 Å². The lowest BCUT2D eigenvalue weighted by Crippen LogP contribution is -2.47. The van der Waals surface area contributed by atoms with Crippen molar-refractivity contribution in [3.8, 4) is 5.75 Å². The molecule has 0 fully saturated rings. The number of likely N-dealkylation sites (N-methyl/N-ethyl adjacent to an activating group) is 1. The van der Waals surface area contributed by atoms with E-state index in [9.17, 15) is 24.6 Å². The summed E-state index contributed by atoms with van der Waals surface area (Å²) < 4.78 is 12.8. The predicted molar refractivity (Wildman–Crippen MR) is 185 cm³/mol. The number of carboxylic acid groups (broad SMARTS) is 1. The molecule has 1 aliphatic rings. The molecule has 2 amide bonds. The summed E-state index contributed by atoms with van der Waals surface area (Å²) in [6.07, 6.45) is 2.35. The number of rotatable bonds is 10. The van der Waals surface area contributed by atoms with E-state index in [1.165, 1.54) is 0 Å². The standard InChI is InChI=1S/C38H49N3O7/c1-26-22-41(27(2)25-42)37(44)33-21-32(39-36(43)20-29-11-6-5-7-12-29)17-18-34(33)48-28(3)10-8-9-19-47-35(26)24-40(4)23-30-13-15-31(16-14-30)38(45)46/h5-7,11-18,21,26-28,35,42H,8-10,19-20,22-25H2,1-4H3,(H,39,43)(H,45,46)/t26-,27-,28-,35-/m1/s1. The normalized spacial score (nSPS) is 19.9. The maximum atomic E-state index is 14.4. The summed E-state index contributed by atoms with van der Waals surface area (Å²) in [6, 6.07) is 21.0. The van der Waals surface area contributed by atoms with Crippen LogP contribution in [-0.4, -0.2) is 89.4 Å². The highest BCUT2D eigenvalue weighted by molar-refractivity contribution is 6.00. The Bertz CT molecular complexity index is 1500. The molecule has 1 aliphatic heterocycles. The van der Waals surface area contributed by atoms with Crippen molar-refractivity contribution in [1.29, 1.82) is 0 Å². The third-order valence-electron chi connectivity index (χ3n) is 8.69. The van der Waals surface area contributed by atoms with E-state index in [2.05, 4.69) is 17.1 Å². The van der Waals surface area contributed by atoms with Crippen molar-refractivity contribution in [2.75, 3.05) is 38.7 Å². The van der Waals surface area contributed by atoms with Gasteiger partial charge in [0.1, 0.15) is 5.75 Å². The molecule has 0 aliphatic carbocycles. The molecule has 3 aromatic rings. The fraction of sp³-hybridized carbons (Fsp3) is 0.447. The number of nitrogens with zero attached hydrogens (tertiary/aromatic N) is 2. The van der Waals surface area contributed by atoms with E-state index in [1.807, 2.05) is 63.4 Å². The first-order chi connectivity index (χ1) is 23.0. The minimum absolute atomic E-state index is 0.0974. The van der Waals surface area contributed by atoms with Crippen molar-refractivity contribution in [2.45, 2.75) is 71.2 Å². The zero-order valence-electron chi connectivity index (χ0n) is 28.4. The number of carboxylic acids is 1. The van der Waals surface area contributed by atoms with Gasteiger partial charge in [-0.15, -0.1) is 0 Å². The van der Waals surface area contributed by atoms with Crippen LogP contribution >= 0.6 is 0 Å². The monoisotopic (exact) mass is 659 g/mol. The molecule has 3 aromatic carbocycles. The van der Waals surface area contributed by atoms with Gasteiger partial charge < -0.3 is 29.9 Å². The van der Waals surface area contributed by atoms with E-state index >= 15 is 0 Å². The Labute approximate surface area is 283 Å². The summed E-state index contributed by atoms with van der Waals surface area (Å²) >= 11 is 0. The Morgan fingerprint density at radius 1 is 1.02 bits per heavy atom. The van der Waals surface area contributed by atoms with Gasteiger partial charge in [-0.05, 0) is 81.6 Å². The number of carbonyl (C=O) groups is 3. The van der Waals surface area contributed by atoms with Crippen LogP contribution in [-0.2, 0) is 22.5 Å². The fourth-order valence-electron chi connectivity index (χ4n) is 5.89. The quantitative estimate of drug-likeness (QED) is 0.261. The molecule has 3 N–H and O–H groups in total. The van der Waals surface area contributed by atoms with Gasteiger partial charge in [-0.2, -0.15) is 0 Å². The van der Waals surface area contributed by atoms with Gasteiger partial charge in [0.25, 0.3) is 5.91 Å². The number of anilines is 1. The number of benzene rings is 3. The number of hydrogen-bond acceptors (Lipinski definition) is 7. The minimum atomic E-state index is -0.958. The lowest BCUT2D eigenvalue weighted by atomic mass is 10.0. The molecule has 0 saturated heterocycles. The Kier molecular flexibility index (Phi) is 13.5. The molecule has 1 heterocycles. The second kappa shape index (κ2) is 17.8. The smallest absolute Gasteiger partial charge is 0.335 e. The average Bonchev–Trinajstić information content (AvgIpc) is 3.06. The SMILES string of the molecule is C[C@@H]1CCCCO[C@H](CN(C)Cc2ccc(C(=O)O)cc2)[C@H](C)CN([C@H](C)CO)C(=O)c2cc(NC(=O)Cc3ccccc3)ccc2O1. The molecule has 10 heteroatoms. The molecule has 0 spiro atoms. The number of aliphatic hydroxyl groups is 1. The first kappa shape index (κ1) is 36.6. The molecule has 0 radical (unpaired) electrons. The molecule has 0 saturated carbocycles. The molecule has 0 bridgehead atoms. The van der Waals surface area contributed by atoms with Crippen LogP contribution in [0.15, 0.2) is 72.8 Å². The first-order valence-electron chi connectivity index (χ1n) is 16.7. The minimum Gasteiger partial charge on any atom is -0.490 e. The molecular formula is C38H49N3O7. The van der Waals surface area contributed by atoms with Crippen LogP contribution in [0.1, 0.15) is 71.9 Å². The van der Waals surface area contributed by atoms with Gasteiger partial charge in [-0.1, -0.05) is 49.4 Å². The lowest BCUT2D eigenvalue weighted by Gasteiger charge is -2.36. The number of fused-ring (bicyclic) bond motifs is 1. The number of nitrogens with one attached hydrogen (secondary N) is 1. The average molecular weight is 660 g/mol. The highest BCUT2D eigenvalue weighted by Gasteiger charge is 2.30. The summed E-state index contributed by atoms with van der Waals surface area (Å²) in [7, 11) is 1.99. The van der Waals surface area contributed by atoms with E-state index in [-0.39, 0.29) is 48.5 Å². The van der Waals surface area contributed by atoms with Gasteiger partial charge >= 0.3 is 5.97 Å². The van der Waals surface area contributed by atoms with Crippen LogP contribution in [0.3, 0.4) is 0 Å². The van der Waals surface area contributed by atoms with Crippen LogP contribution in [0.2, 0.25) is 0 Å². The van der Waals surface area contributed by atoms with Crippen LogP contribution in [0, 0.1) is 5.92 Å². The van der Waals surface area contributed by atoms with Crippen LogP contribution in [0.4, 0.5) is 5.69 Å². The summed E-state index contributed by atoms with van der Waals surface area (Å²) in [5, 5.41) is 22.4. The van der Waals surface area contributed by atoms with Crippen molar-refractivity contribution < 1.29 is 34.1 Å². The van der Waals surface area contributed by atoms with Crippen LogP contribution < -0.4 is 10.1 Å². The van der Waals surface area contributed by atoms with Gasteiger partial charge in [-0.3, -0.25) is 14.5 Å². The maximum Gasteiger partial charge on any atom is 0.335 e. The third kappa shape index (κ3) is 10.6. The second-order valence-corrected chi connectivity index (χ2v) is 12.9. The number of aromatic carboxylic acids is 1. The summed E-state index contributed by atoms with van der Waals surface area (Å²) in [6.45, 7) is 7.69. The van der Waals surface area contributed by atoms with E-state index in [4.69, 9.17) is 9.47 Å². The van der Waals surface area contributed by atoms with Crippen LogP contribution in [0.25, 0.3) is 0 Å².